The smallest absolute Gasteiger partial charge is 0.417 e. The van der Waals surface area contributed by atoms with E-state index >= 15 is 0 Å². The van der Waals surface area contributed by atoms with Crippen molar-refractivity contribution in [3.8, 4) is 33.9 Å². The number of benzene rings is 2. The second-order valence-electron chi connectivity index (χ2n) is 12.1. The van der Waals surface area contributed by atoms with Gasteiger partial charge in [-0.25, -0.2) is 9.37 Å². The van der Waals surface area contributed by atoms with Crippen molar-refractivity contribution in [1.29, 1.82) is 0 Å². The van der Waals surface area contributed by atoms with Gasteiger partial charge in [0.1, 0.15) is 40.6 Å². The molecule has 1 saturated carbocycles. The Labute approximate surface area is 266 Å². The quantitative estimate of drug-likeness (QED) is 0.210. The molecular weight excluding hydrogens is 620 g/mol. The zero-order chi connectivity index (χ0) is 33.7. The number of hydrogen-bond donors (Lipinski definition) is 3. The first-order valence-corrected chi connectivity index (χ1v) is 14.7. The number of rotatable bonds is 9. The molecule has 47 heavy (non-hydrogen) atoms. The zero-order valence-corrected chi connectivity index (χ0v) is 25.3. The summed E-state index contributed by atoms with van der Waals surface area (Å²) < 4.78 is 66.8. The van der Waals surface area contributed by atoms with E-state index in [1.807, 2.05) is 0 Å². The summed E-state index contributed by atoms with van der Waals surface area (Å²) in [7, 11) is 0. The number of pyridine rings is 2. The van der Waals surface area contributed by atoms with Crippen molar-refractivity contribution in [3.05, 3.63) is 95.2 Å². The molecule has 0 saturated heterocycles. The SMILES string of the molecule is C[C@](O)(CNC(=O)c1ccc(-c2cnccc2C(F)(F)F)c(OC2CC2)c1)c1cc2c(c(-c3ccc(F)cc3)n1)OC[C@]2(C)C(N)=O. The van der Waals surface area contributed by atoms with Gasteiger partial charge >= 0.3 is 6.18 Å². The van der Waals surface area contributed by atoms with Gasteiger partial charge in [0, 0.05) is 40.2 Å². The Balaban J connectivity index is 1.30. The minimum absolute atomic E-state index is 0.0688. The molecule has 1 aliphatic heterocycles. The minimum atomic E-state index is -4.64. The molecule has 6 rings (SSSR count). The maximum atomic E-state index is 13.8. The predicted octanol–water partition coefficient (Wildman–Crippen LogP) is 5.28. The van der Waals surface area contributed by atoms with Crippen molar-refractivity contribution in [1.82, 2.24) is 15.3 Å². The highest BCUT2D eigenvalue weighted by molar-refractivity contribution is 5.96. The number of carbonyl (C=O) groups excluding carboxylic acids is 2. The van der Waals surface area contributed by atoms with E-state index in [2.05, 4.69) is 15.3 Å². The third-order valence-electron chi connectivity index (χ3n) is 8.36. The molecule has 1 aliphatic carbocycles. The van der Waals surface area contributed by atoms with Crippen LogP contribution in [0.1, 0.15) is 53.9 Å². The Morgan fingerprint density at radius 2 is 1.83 bits per heavy atom. The maximum Gasteiger partial charge on any atom is 0.417 e. The van der Waals surface area contributed by atoms with E-state index in [1.165, 1.54) is 55.5 Å². The van der Waals surface area contributed by atoms with Crippen molar-refractivity contribution < 1.29 is 41.7 Å². The van der Waals surface area contributed by atoms with Gasteiger partial charge in [-0.15, -0.1) is 0 Å². The van der Waals surface area contributed by atoms with Crippen LogP contribution in [-0.4, -0.2) is 46.1 Å². The molecule has 2 aliphatic rings. The Kier molecular flexibility index (Phi) is 7.91. The van der Waals surface area contributed by atoms with Gasteiger partial charge in [0.15, 0.2) is 0 Å². The minimum Gasteiger partial charge on any atom is -0.490 e. The Hall–Kier alpha value is -5.04. The van der Waals surface area contributed by atoms with Crippen LogP contribution in [0.3, 0.4) is 0 Å². The number of amides is 2. The van der Waals surface area contributed by atoms with Gasteiger partial charge in [-0.1, -0.05) is 0 Å². The average Bonchev–Trinajstić information content (AvgIpc) is 3.79. The van der Waals surface area contributed by atoms with Crippen LogP contribution >= 0.6 is 0 Å². The van der Waals surface area contributed by atoms with Crippen LogP contribution in [-0.2, 0) is 22.0 Å². The summed E-state index contributed by atoms with van der Waals surface area (Å²) in [5.74, 6) is -1.40. The van der Waals surface area contributed by atoms with E-state index in [1.54, 1.807) is 6.92 Å². The van der Waals surface area contributed by atoms with Gasteiger partial charge < -0.3 is 25.6 Å². The summed E-state index contributed by atoms with van der Waals surface area (Å²) in [6.07, 6.45) is -1.21. The van der Waals surface area contributed by atoms with Crippen LogP contribution in [0.4, 0.5) is 17.6 Å². The predicted molar refractivity (Wildman–Crippen MR) is 162 cm³/mol. The molecule has 2 aromatic heterocycles. The molecule has 0 spiro atoms. The van der Waals surface area contributed by atoms with Crippen LogP contribution in [0, 0.1) is 5.82 Å². The summed E-state index contributed by atoms with van der Waals surface area (Å²) >= 11 is 0. The summed E-state index contributed by atoms with van der Waals surface area (Å²) in [5, 5.41) is 14.2. The number of hydrogen-bond acceptors (Lipinski definition) is 7. The highest BCUT2D eigenvalue weighted by Gasteiger charge is 2.45. The summed E-state index contributed by atoms with van der Waals surface area (Å²) in [4.78, 5) is 34.3. The number of halogens is 4. The maximum absolute atomic E-state index is 13.8. The second-order valence-corrected chi connectivity index (χ2v) is 12.1. The summed E-state index contributed by atoms with van der Waals surface area (Å²) in [5.41, 5.74) is 3.00. The second kappa shape index (κ2) is 11.6. The van der Waals surface area contributed by atoms with Crippen molar-refractivity contribution in [3.63, 3.8) is 0 Å². The lowest BCUT2D eigenvalue weighted by Crippen LogP contribution is -2.41. The Bertz CT molecular complexity index is 1880. The van der Waals surface area contributed by atoms with Crippen molar-refractivity contribution in [2.45, 2.75) is 50.0 Å². The molecule has 0 radical (unpaired) electrons. The topological polar surface area (TPSA) is 137 Å². The standard InChI is InChI=1S/C34H30F4N4O5/c1-32(31(39)44)17-46-29-25(32)14-27(42-28(29)18-3-6-20(35)7-4-18)33(2,45)16-41-30(43)19-5-10-22(26(13-19)47-21-8-9-21)23-15-40-12-11-24(23)34(36,37)38/h3-7,10-15,21,45H,8-9,16-17H2,1-2H3,(H2,39,44)(H,41,43)/t32-,33-/m0/s1. The highest BCUT2D eigenvalue weighted by atomic mass is 19.4. The monoisotopic (exact) mass is 650 g/mol. The number of aliphatic hydroxyl groups is 1. The van der Waals surface area contributed by atoms with Crippen molar-refractivity contribution >= 4 is 11.8 Å². The van der Waals surface area contributed by atoms with Gasteiger partial charge in [0.05, 0.1) is 23.9 Å². The molecule has 13 heteroatoms. The summed E-state index contributed by atoms with van der Waals surface area (Å²) in [6.45, 7) is 2.60. The van der Waals surface area contributed by atoms with E-state index in [-0.39, 0.29) is 58.8 Å². The number of nitrogens with zero attached hydrogens (tertiary/aromatic N) is 2. The van der Waals surface area contributed by atoms with Gasteiger partial charge in [0.25, 0.3) is 5.91 Å². The fourth-order valence-electron chi connectivity index (χ4n) is 5.32. The van der Waals surface area contributed by atoms with E-state index in [4.69, 9.17) is 15.2 Å². The molecule has 0 unspecified atom stereocenters. The molecule has 2 amide bonds. The summed E-state index contributed by atoms with van der Waals surface area (Å²) in [6, 6.07) is 11.9. The van der Waals surface area contributed by atoms with E-state index < -0.39 is 40.4 Å². The number of fused-ring (bicyclic) bond motifs is 1. The largest absolute Gasteiger partial charge is 0.490 e. The lowest BCUT2D eigenvalue weighted by Gasteiger charge is -2.26. The normalized spacial score (nSPS) is 18.5. The molecule has 244 valence electrons. The number of ether oxygens (including phenoxy) is 2. The number of nitrogens with one attached hydrogen (secondary N) is 1. The number of nitrogens with two attached hydrogens (primary N) is 1. The lowest BCUT2D eigenvalue weighted by molar-refractivity contribution is -0.137. The third kappa shape index (κ3) is 6.22. The molecule has 2 atom stereocenters. The Morgan fingerprint density at radius 3 is 2.49 bits per heavy atom. The first-order chi connectivity index (χ1) is 22.2. The van der Waals surface area contributed by atoms with Gasteiger partial charge in [-0.05, 0) is 81.3 Å². The molecule has 0 bridgehead atoms. The lowest BCUT2D eigenvalue weighted by atomic mass is 9.82. The van der Waals surface area contributed by atoms with E-state index in [0.29, 0.717) is 11.1 Å². The molecular formula is C34H30F4N4O5. The molecule has 2 aromatic carbocycles. The first kappa shape index (κ1) is 31.9. The van der Waals surface area contributed by atoms with Gasteiger partial charge in [-0.2, -0.15) is 13.2 Å². The number of carbonyl (C=O) groups is 2. The number of aromatic nitrogens is 2. The Morgan fingerprint density at radius 1 is 1.11 bits per heavy atom. The molecule has 1 fully saturated rings. The van der Waals surface area contributed by atoms with Crippen LogP contribution < -0.4 is 20.5 Å². The fourth-order valence-corrected chi connectivity index (χ4v) is 5.32. The van der Waals surface area contributed by atoms with Crippen molar-refractivity contribution in [2.24, 2.45) is 5.73 Å². The van der Waals surface area contributed by atoms with Crippen LogP contribution in [0.15, 0.2) is 67.0 Å². The molecule has 3 heterocycles. The molecule has 4 N–H and O–H groups in total. The van der Waals surface area contributed by atoms with E-state index in [0.717, 1.165) is 31.3 Å². The fraction of sp³-hybridized carbons (Fsp3) is 0.294. The van der Waals surface area contributed by atoms with Gasteiger partial charge in [-0.3, -0.25) is 14.6 Å². The van der Waals surface area contributed by atoms with Crippen LogP contribution in [0.25, 0.3) is 22.4 Å². The molecule has 9 nitrogen and oxygen atoms in total. The average molecular weight is 651 g/mol. The highest BCUT2D eigenvalue weighted by Crippen LogP contribution is 2.46. The first-order valence-electron chi connectivity index (χ1n) is 14.7. The number of alkyl halides is 3. The van der Waals surface area contributed by atoms with Crippen molar-refractivity contribution in [2.75, 3.05) is 13.2 Å². The number of primary amides is 1. The van der Waals surface area contributed by atoms with Crippen LogP contribution in [0.2, 0.25) is 0 Å². The third-order valence-corrected chi connectivity index (χ3v) is 8.36. The van der Waals surface area contributed by atoms with Crippen LogP contribution in [0.5, 0.6) is 11.5 Å². The van der Waals surface area contributed by atoms with E-state index in [9.17, 15) is 32.3 Å². The van der Waals surface area contributed by atoms with Gasteiger partial charge in [0.2, 0.25) is 5.91 Å². The molecule has 4 aromatic rings. The zero-order valence-electron chi connectivity index (χ0n) is 25.3.